The summed E-state index contributed by atoms with van der Waals surface area (Å²) >= 11 is 1.28. The van der Waals surface area contributed by atoms with Crippen molar-refractivity contribution in [2.75, 3.05) is 31.1 Å². The van der Waals surface area contributed by atoms with Gasteiger partial charge in [0.05, 0.1) is 6.20 Å². The van der Waals surface area contributed by atoms with Gasteiger partial charge < -0.3 is 10.0 Å². The fraction of sp³-hybridized carbons (Fsp3) is 0.667. The number of aromatic carboxylic acids is 1. The Bertz CT molecular complexity index is 448. The highest BCUT2D eigenvalue weighted by Crippen LogP contribution is 2.27. The Morgan fingerprint density at radius 3 is 3.06 bits per heavy atom. The highest BCUT2D eigenvalue weighted by molar-refractivity contribution is 7.17. The molecule has 2 saturated heterocycles. The maximum atomic E-state index is 10.9. The number of rotatable bonds is 2. The molecule has 0 aliphatic carbocycles. The first kappa shape index (κ1) is 11.9. The van der Waals surface area contributed by atoms with Crippen molar-refractivity contribution in [2.24, 2.45) is 0 Å². The first-order valence-corrected chi connectivity index (χ1v) is 7.24. The molecule has 3 rings (SSSR count). The lowest BCUT2D eigenvalue weighted by molar-refractivity contribution is 0.0702. The number of carboxylic acid groups (broad SMARTS) is 1. The summed E-state index contributed by atoms with van der Waals surface area (Å²) in [7, 11) is 0. The van der Waals surface area contributed by atoms with Crippen molar-refractivity contribution in [3.8, 4) is 0 Å². The lowest BCUT2D eigenvalue weighted by atomic mass is 10.00. The molecule has 2 aliphatic heterocycles. The van der Waals surface area contributed by atoms with Crippen LogP contribution in [0.15, 0.2) is 6.20 Å². The minimum Gasteiger partial charge on any atom is -0.477 e. The van der Waals surface area contributed by atoms with Crippen molar-refractivity contribution in [1.82, 2.24) is 9.88 Å². The highest BCUT2D eigenvalue weighted by Gasteiger charge is 2.30. The van der Waals surface area contributed by atoms with Gasteiger partial charge in [-0.15, -0.1) is 0 Å². The molecular formula is C12H17N3O2S. The minimum atomic E-state index is -0.880. The first-order valence-electron chi connectivity index (χ1n) is 6.42. The summed E-state index contributed by atoms with van der Waals surface area (Å²) in [5, 5.41) is 9.79. The largest absolute Gasteiger partial charge is 0.477 e. The molecule has 98 valence electrons. The molecule has 0 aromatic carbocycles. The molecule has 0 amide bonds. The molecule has 0 saturated carbocycles. The van der Waals surface area contributed by atoms with E-state index in [4.69, 9.17) is 5.11 Å². The number of hydrogen-bond acceptors (Lipinski definition) is 5. The van der Waals surface area contributed by atoms with Crippen LogP contribution >= 0.6 is 11.3 Å². The van der Waals surface area contributed by atoms with E-state index in [1.165, 1.54) is 43.3 Å². The lowest BCUT2D eigenvalue weighted by Crippen LogP contribution is -2.54. The third kappa shape index (κ3) is 2.22. The molecule has 0 spiro atoms. The minimum absolute atomic E-state index is 0.330. The van der Waals surface area contributed by atoms with Crippen LogP contribution in [0.5, 0.6) is 0 Å². The van der Waals surface area contributed by atoms with Gasteiger partial charge in [0.2, 0.25) is 0 Å². The standard InChI is InChI=1S/C12H17N3O2S/c16-11(17)10-7-13-12(18-10)15-6-5-14-4-2-1-3-9(14)8-15/h7,9H,1-6,8H2,(H,16,17). The zero-order chi connectivity index (χ0) is 12.5. The second kappa shape index (κ2) is 4.85. The molecule has 2 aliphatic rings. The van der Waals surface area contributed by atoms with Crippen molar-refractivity contribution < 1.29 is 9.90 Å². The zero-order valence-corrected chi connectivity index (χ0v) is 11.0. The van der Waals surface area contributed by atoms with Crippen molar-refractivity contribution >= 4 is 22.4 Å². The van der Waals surface area contributed by atoms with Crippen LogP contribution in [0.4, 0.5) is 5.13 Å². The fourth-order valence-corrected chi connectivity index (χ4v) is 3.63. The van der Waals surface area contributed by atoms with Gasteiger partial charge >= 0.3 is 5.97 Å². The van der Waals surface area contributed by atoms with Crippen LogP contribution in [0.25, 0.3) is 0 Å². The molecule has 3 heterocycles. The van der Waals surface area contributed by atoms with Gasteiger partial charge in [-0.3, -0.25) is 4.90 Å². The lowest BCUT2D eigenvalue weighted by Gasteiger charge is -2.43. The SMILES string of the molecule is O=C(O)c1cnc(N2CCN3CCCCC3C2)s1. The average Bonchev–Trinajstić information content (AvgIpc) is 2.88. The van der Waals surface area contributed by atoms with Gasteiger partial charge in [0.25, 0.3) is 0 Å². The predicted octanol–water partition coefficient (Wildman–Crippen LogP) is 1.52. The second-order valence-electron chi connectivity index (χ2n) is 4.94. The first-order chi connectivity index (χ1) is 8.74. The number of nitrogens with zero attached hydrogens (tertiary/aromatic N) is 3. The van der Waals surface area contributed by atoms with Crippen LogP contribution in [0.2, 0.25) is 0 Å². The molecule has 2 fully saturated rings. The van der Waals surface area contributed by atoms with Crippen LogP contribution in [-0.2, 0) is 0 Å². The summed E-state index contributed by atoms with van der Waals surface area (Å²) in [5.41, 5.74) is 0. The Morgan fingerprint density at radius 2 is 2.28 bits per heavy atom. The number of hydrogen-bond donors (Lipinski definition) is 1. The maximum Gasteiger partial charge on any atom is 0.347 e. The van der Waals surface area contributed by atoms with E-state index in [2.05, 4.69) is 14.8 Å². The molecule has 0 radical (unpaired) electrons. The molecular weight excluding hydrogens is 250 g/mol. The number of piperazine rings is 1. The number of thiazole rings is 1. The number of carboxylic acids is 1. The number of fused-ring (bicyclic) bond motifs is 1. The highest BCUT2D eigenvalue weighted by atomic mass is 32.1. The van der Waals surface area contributed by atoms with Crippen molar-refractivity contribution in [3.05, 3.63) is 11.1 Å². The zero-order valence-electron chi connectivity index (χ0n) is 10.2. The topological polar surface area (TPSA) is 56.7 Å². The Kier molecular flexibility index (Phi) is 3.22. The average molecular weight is 267 g/mol. The number of piperidine rings is 1. The number of aromatic nitrogens is 1. The Morgan fingerprint density at radius 1 is 1.39 bits per heavy atom. The molecule has 1 aromatic heterocycles. The van der Waals surface area contributed by atoms with E-state index in [0.29, 0.717) is 10.9 Å². The molecule has 1 N–H and O–H groups in total. The third-order valence-electron chi connectivity index (χ3n) is 3.81. The summed E-state index contributed by atoms with van der Waals surface area (Å²) in [5.74, 6) is -0.880. The second-order valence-corrected chi connectivity index (χ2v) is 5.95. The summed E-state index contributed by atoms with van der Waals surface area (Å²) < 4.78 is 0. The molecule has 5 nitrogen and oxygen atoms in total. The van der Waals surface area contributed by atoms with Crippen molar-refractivity contribution in [2.45, 2.75) is 25.3 Å². The van der Waals surface area contributed by atoms with Gasteiger partial charge in [-0.2, -0.15) is 0 Å². The summed E-state index contributed by atoms with van der Waals surface area (Å²) in [6, 6.07) is 0.629. The van der Waals surface area contributed by atoms with Crippen LogP contribution in [0, 0.1) is 0 Å². The Hall–Kier alpha value is -1.14. The molecule has 1 aromatic rings. The molecule has 6 heteroatoms. The van der Waals surface area contributed by atoms with Crippen LogP contribution in [-0.4, -0.2) is 53.2 Å². The predicted molar refractivity (Wildman–Crippen MR) is 70.5 cm³/mol. The molecule has 1 unspecified atom stereocenters. The summed E-state index contributed by atoms with van der Waals surface area (Å²) in [6.07, 6.45) is 5.35. The van der Waals surface area contributed by atoms with Gasteiger partial charge in [0.1, 0.15) is 4.88 Å². The number of anilines is 1. The Labute approximate surface area is 110 Å². The van der Waals surface area contributed by atoms with E-state index in [0.717, 1.165) is 24.8 Å². The fourth-order valence-electron chi connectivity index (χ4n) is 2.84. The van der Waals surface area contributed by atoms with Gasteiger partial charge in [0.15, 0.2) is 5.13 Å². The van der Waals surface area contributed by atoms with Gasteiger partial charge in [-0.1, -0.05) is 17.8 Å². The van der Waals surface area contributed by atoms with Gasteiger partial charge in [-0.05, 0) is 19.4 Å². The van der Waals surface area contributed by atoms with E-state index < -0.39 is 5.97 Å². The monoisotopic (exact) mass is 267 g/mol. The van der Waals surface area contributed by atoms with E-state index in [9.17, 15) is 4.79 Å². The number of carbonyl (C=O) groups is 1. The normalized spacial score (nSPS) is 24.9. The Balaban J connectivity index is 1.71. The van der Waals surface area contributed by atoms with E-state index in [1.807, 2.05) is 0 Å². The maximum absolute atomic E-state index is 10.9. The van der Waals surface area contributed by atoms with Crippen LogP contribution < -0.4 is 4.90 Å². The van der Waals surface area contributed by atoms with Crippen molar-refractivity contribution in [3.63, 3.8) is 0 Å². The van der Waals surface area contributed by atoms with Gasteiger partial charge in [-0.25, -0.2) is 9.78 Å². The van der Waals surface area contributed by atoms with E-state index in [1.54, 1.807) is 0 Å². The molecule has 1 atom stereocenters. The molecule has 0 bridgehead atoms. The van der Waals surface area contributed by atoms with Crippen molar-refractivity contribution in [1.29, 1.82) is 0 Å². The third-order valence-corrected chi connectivity index (χ3v) is 4.86. The van der Waals surface area contributed by atoms with E-state index >= 15 is 0 Å². The van der Waals surface area contributed by atoms with E-state index in [-0.39, 0.29) is 0 Å². The molecule has 18 heavy (non-hydrogen) atoms. The van der Waals surface area contributed by atoms with Gasteiger partial charge in [0, 0.05) is 25.7 Å². The summed E-state index contributed by atoms with van der Waals surface area (Å²) in [6.45, 7) is 4.25. The quantitative estimate of drug-likeness (QED) is 0.880. The summed E-state index contributed by atoms with van der Waals surface area (Å²) in [4.78, 5) is 20.2. The van der Waals surface area contributed by atoms with Crippen LogP contribution in [0.3, 0.4) is 0 Å². The van der Waals surface area contributed by atoms with Crippen LogP contribution in [0.1, 0.15) is 28.9 Å². The smallest absolute Gasteiger partial charge is 0.347 e.